The molecule has 14 N–H and O–H groups in total. The van der Waals surface area contributed by atoms with Crippen molar-refractivity contribution >= 4 is 98.4 Å². The van der Waals surface area contributed by atoms with Gasteiger partial charge >= 0.3 is 6.03 Å². The number of urea groups is 1. The van der Waals surface area contributed by atoms with Crippen molar-refractivity contribution in [3.63, 3.8) is 0 Å². The van der Waals surface area contributed by atoms with Crippen LogP contribution >= 0.6 is 0 Å². The van der Waals surface area contributed by atoms with E-state index in [1.165, 1.54) is 11.1 Å². The second kappa shape index (κ2) is 58.7. The highest BCUT2D eigenvalue weighted by atomic mass is 32.2. The van der Waals surface area contributed by atoms with Crippen LogP contribution in [0.1, 0.15) is 240 Å². The number of para-hydroxylation sites is 1. The van der Waals surface area contributed by atoms with Gasteiger partial charge in [0, 0.05) is 63.2 Å². The van der Waals surface area contributed by atoms with Crippen molar-refractivity contribution in [3.8, 4) is 0 Å². The molecule has 10 atom stereocenters. The Hall–Kier alpha value is -10.7. The van der Waals surface area contributed by atoms with Gasteiger partial charge in [-0.2, -0.15) is 8.42 Å². The summed E-state index contributed by atoms with van der Waals surface area (Å²) in [6.07, 6.45) is 14.5. The Labute approximate surface area is 853 Å². The number of carbonyl (C=O) groups is 11. The van der Waals surface area contributed by atoms with E-state index in [2.05, 4.69) is 104 Å². The predicted octanol–water partition coefficient (Wildman–Crippen LogP) is 9.13. The van der Waals surface area contributed by atoms with E-state index in [-0.39, 0.29) is 197 Å². The van der Waals surface area contributed by atoms with E-state index in [0.29, 0.717) is 121 Å². The van der Waals surface area contributed by atoms with Gasteiger partial charge in [-0.15, -0.1) is 5.10 Å². The number of primary amides is 1. The SMILES string of the molecule is C=Cc1ccccc1N(Cc1ccccc1CC)C(=O)CCC(=O)NCCOCCOCCOCCOCCC(=O)N[C@H](CCCCNC(=O)COC1CCCCCc2c1nnn2CCOCCOCCOCCOCCC(=O)NCCS(=O)(=O)O)C(=O)N[C@H](C(=O)N[C@@H](CCCNC(N)=O)C(=O)Nc1ccc2c(c1)[C@@]1(C)CCC[C@](C)(C(=O)NC(=O)[C@@]3(C)CCC[C@]4(C)c5cc(N)ccc5CC[C@@H]34)[C@@H]1CC2)C(C)C. The van der Waals surface area contributed by atoms with Crippen LogP contribution in [0.25, 0.3) is 6.08 Å². The summed E-state index contributed by atoms with van der Waals surface area (Å²) in [6, 6.07) is 23.1. The first-order chi connectivity index (χ1) is 69.7. The molecular formula is C106H157N15O23S. The highest BCUT2D eigenvalue weighted by molar-refractivity contribution is 7.85. The van der Waals surface area contributed by atoms with Crippen LogP contribution in [0, 0.1) is 28.6 Å². The van der Waals surface area contributed by atoms with E-state index in [9.17, 15) is 56.4 Å². The molecule has 5 aliphatic carbocycles. The maximum Gasteiger partial charge on any atom is 0.312 e. The van der Waals surface area contributed by atoms with Crippen LogP contribution in [0.5, 0.6) is 0 Å². The fraction of sp³-hybridized carbons (Fsp3) is 0.632. The molecule has 12 amide bonds. The summed E-state index contributed by atoms with van der Waals surface area (Å²) < 4.78 is 83.7. The minimum atomic E-state index is -4.16. The van der Waals surface area contributed by atoms with Crippen LogP contribution in [0.4, 0.5) is 21.9 Å². The lowest BCUT2D eigenvalue weighted by atomic mass is 9.49. The average molecular weight is 2040 g/mol. The van der Waals surface area contributed by atoms with Crippen molar-refractivity contribution in [2.45, 2.75) is 257 Å². The van der Waals surface area contributed by atoms with E-state index in [1.54, 1.807) is 24.8 Å². The van der Waals surface area contributed by atoms with Crippen molar-refractivity contribution in [3.05, 3.63) is 142 Å². The van der Waals surface area contributed by atoms with Crippen LogP contribution in [0.2, 0.25) is 0 Å². The topological polar surface area (TPSA) is 519 Å². The Kier molecular flexibility index (Phi) is 47.1. The van der Waals surface area contributed by atoms with Crippen LogP contribution in [0.3, 0.4) is 0 Å². The number of nitrogen functional groups attached to an aromatic ring is 1. The Morgan fingerprint density at radius 2 is 1.09 bits per heavy atom. The van der Waals surface area contributed by atoms with E-state index in [1.807, 2.05) is 85.3 Å². The lowest BCUT2D eigenvalue weighted by Gasteiger charge is -2.56. The number of nitrogens with two attached hydrogens (primary N) is 2. The summed E-state index contributed by atoms with van der Waals surface area (Å²) in [4.78, 5) is 154. The van der Waals surface area contributed by atoms with Gasteiger partial charge in [-0.05, 0) is 207 Å². The zero-order valence-corrected chi connectivity index (χ0v) is 86.7. The zero-order valence-electron chi connectivity index (χ0n) is 85.8. The third-order valence-corrected chi connectivity index (χ3v) is 29.7. The first-order valence-corrected chi connectivity index (χ1v) is 53.4. The Balaban J connectivity index is 0.690. The van der Waals surface area contributed by atoms with Crippen LogP contribution in [-0.4, -0.2) is 255 Å². The molecule has 145 heavy (non-hydrogen) atoms. The minimum absolute atomic E-state index is 0.00201. The predicted molar refractivity (Wildman–Crippen MR) is 548 cm³/mol. The Bertz CT molecular complexity index is 5220. The van der Waals surface area contributed by atoms with Gasteiger partial charge in [0.05, 0.1) is 147 Å². The number of amides is 12. The highest BCUT2D eigenvalue weighted by Crippen LogP contribution is 2.60. The molecule has 0 bridgehead atoms. The molecule has 10 rings (SSSR count). The molecule has 5 aliphatic rings. The number of aryl methyl sites for hydroxylation is 3. The van der Waals surface area contributed by atoms with Crippen LogP contribution in [-0.2, 0) is 150 Å². The first kappa shape index (κ1) is 116. The third-order valence-electron chi connectivity index (χ3n) is 29.0. The summed E-state index contributed by atoms with van der Waals surface area (Å²) >= 11 is 0. The van der Waals surface area contributed by atoms with E-state index < -0.39 is 97.8 Å². The van der Waals surface area contributed by atoms with Crippen molar-refractivity contribution in [2.75, 3.05) is 160 Å². The molecule has 1 heterocycles. The van der Waals surface area contributed by atoms with Gasteiger partial charge in [-0.1, -0.05) is 147 Å². The van der Waals surface area contributed by atoms with Gasteiger partial charge in [0.1, 0.15) is 36.5 Å². The molecule has 4 aromatic carbocycles. The number of hydrogen-bond acceptors (Lipinski definition) is 25. The van der Waals surface area contributed by atoms with Gasteiger partial charge in [0.25, 0.3) is 10.1 Å². The van der Waals surface area contributed by atoms with Gasteiger partial charge < -0.3 is 102 Å². The van der Waals surface area contributed by atoms with Crippen LogP contribution < -0.4 is 64.2 Å². The number of benzene rings is 4. The number of anilines is 3. The standard InChI is InChI=1S/C106H157N15O23S/c1-9-74-23-14-15-25-78(74)71-120(85-28-17-16-24-75(85)10-2)94(126)40-39-90(122)110-49-54-138-58-62-142-66-64-141-61-57-137-53-42-92(124)114-83(26-18-19-47-109-93(125)72-144-87-30-13-11-12-29-86-96(87)118-119-121(86)51-55-139-59-63-143-67-65-140-60-56-136-52-41-91(123)111-50-68-145(133,134)135)98(128)116-95(73(3)4)99(129)115-84(27-20-48-112-102(108)132)97(127)113-80-36-32-77-34-38-89-104(6,82(77)70-80)44-22-46-106(89,8)101(131)117-100(130)105(7)45-21-43-103(5)81-69-79(107)35-31-76(81)33-37-88(103)105/h10,14-17,23-25,28,31-32,35-36,69-70,73,83-84,87-89,95H,2,9,11-13,18-22,26-27,29-30,33-34,37-68,71-72,107H2,1,3-8H3,(H,109,125)(H,110,122)(H,111,123)(H,113,127)(H,114,124)(H,115,129)(H,116,128)(H3,108,112,132)(H,117,130,131)(H,133,134,135)/t83-,84+,87?,88-,89-,95+,103-,104-,105+,106+/m1/s1. The molecule has 5 aromatic rings. The molecule has 1 unspecified atom stereocenters. The molecule has 0 spiro atoms. The summed E-state index contributed by atoms with van der Waals surface area (Å²) in [5.74, 6) is -5.48. The third kappa shape index (κ3) is 35.2. The molecular weight excluding hydrogens is 1880 g/mol. The van der Waals surface area contributed by atoms with Gasteiger partial charge in [0.15, 0.2) is 0 Å². The summed E-state index contributed by atoms with van der Waals surface area (Å²) in [7, 11) is -4.16. The fourth-order valence-electron chi connectivity index (χ4n) is 21.2. The van der Waals surface area contributed by atoms with Crippen molar-refractivity contribution in [2.24, 2.45) is 34.3 Å². The largest absolute Gasteiger partial charge is 0.399 e. The maximum atomic E-state index is 15.1. The number of ether oxygens (including phenoxy) is 9. The van der Waals surface area contributed by atoms with E-state index in [4.69, 9.17) is 58.7 Å². The molecule has 0 radical (unpaired) electrons. The van der Waals surface area contributed by atoms with E-state index >= 15 is 4.79 Å². The second-order valence-corrected chi connectivity index (χ2v) is 41.2. The molecule has 2 fully saturated rings. The molecule has 0 aliphatic heterocycles. The first-order valence-electron chi connectivity index (χ1n) is 51.8. The molecule has 1 aromatic heterocycles. The smallest absolute Gasteiger partial charge is 0.312 e. The average Bonchev–Trinajstić information content (AvgIpc) is 1.72. The number of nitrogens with one attached hydrogen (secondary N) is 9. The summed E-state index contributed by atoms with van der Waals surface area (Å²) in [5.41, 5.74) is 20.3. The summed E-state index contributed by atoms with van der Waals surface area (Å²) in [6.45, 7) is 22.6. The molecule has 38 nitrogen and oxygen atoms in total. The number of carbonyl (C=O) groups excluding carboxylic acids is 11. The number of fused-ring (bicyclic) bond motifs is 7. The lowest BCUT2D eigenvalue weighted by Crippen LogP contribution is -2.60. The second-order valence-electron chi connectivity index (χ2n) is 39.6. The lowest BCUT2D eigenvalue weighted by molar-refractivity contribution is -0.150. The highest BCUT2D eigenvalue weighted by Gasteiger charge is 2.59. The summed E-state index contributed by atoms with van der Waals surface area (Å²) in [5, 5.41) is 34.4. The number of aromatic nitrogens is 3. The van der Waals surface area contributed by atoms with Gasteiger partial charge in [-0.3, -0.25) is 57.8 Å². The van der Waals surface area contributed by atoms with Gasteiger partial charge in [0.2, 0.25) is 59.1 Å². The molecule has 800 valence electrons. The number of nitrogens with zero attached hydrogens (tertiary/aromatic N) is 4. The number of hydrogen-bond donors (Lipinski definition) is 12. The normalized spacial score (nSPS) is 20.1. The Morgan fingerprint density at radius 3 is 1.70 bits per heavy atom. The minimum Gasteiger partial charge on any atom is -0.399 e. The monoisotopic (exact) mass is 2040 g/mol. The van der Waals surface area contributed by atoms with Crippen molar-refractivity contribution in [1.29, 1.82) is 0 Å². The van der Waals surface area contributed by atoms with Crippen LogP contribution in [0.15, 0.2) is 91.5 Å². The van der Waals surface area contributed by atoms with Crippen molar-refractivity contribution < 1.29 is 108 Å². The molecule has 2 saturated carbocycles. The number of rotatable bonds is 63. The zero-order chi connectivity index (χ0) is 104. The van der Waals surface area contributed by atoms with E-state index in [0.717, 1.165) is 97.0 Å². The van der Waals surface area contributed by atoms with Gasteiger partial charge in [-0.25, -0.2) is 9.48 Å². The molecule has 0 saturated heterocycles. The maximum absolute atomic E-state index is 15.1. The Morgan fingerprint density at radius 1 is 0.545 bits per heavy atom. The number of imide groups is 1. The molecule has 39 heteroatoms. The fourth-order valence-corrected chi connectivity index (χ4v) is 21.5. The number of unbranched alkanes of at least 4 members (excludes halogenated alkanes) is 1. The quantitative estimate of drug-likeness (QED) is 0.00746. The van der Waals surface area contributed by atoms with Crippen molar-refractivity contribution in [1.82, 2.24) is 57.5 Å².